The molecule has 0 spiro atoms. The first kappa shape index (κ1) is 20.7. The summed E-state index contributed by atoms with van der Waals surface area (Å²) in [6.45, 7) is 2.60. The number of unbranched alkanes of at least 4 members (excludes halogenated alkanes) is 1. The van der Waals surface area contributed by atoms with Gasteiger partial charge < -0.3 is 0 Å². The molecule has 5 rings (SSSR count). The van der Waals surface area contributed by atoms with Crippen molar-refractivity contribution in [2.24, 2.45) is 0 Å². The lowest BCUT2D eigenvalue weighted by atomic mass is 9.98. The summed E-state index contributed by atoms with van der Waals surface area (Å²) >= 11 is 0. The highest BCUT2D eigenvalue weighted by Crippen LogP contribution is 2.29. The Morgan fingerprint density at radius 2 is 1.82 bits per heavy atom. The van der Waals surface area contributed by atoms with E-state index in [0.717, 1.165) is 47.3 Å². The number of benzene rings is 2. The third kappa shape index (κ3) is 4.15. The summed E-state index contributed by atoms with van der Waals surface area (Å²) in [7, 11) is 0. The Morgan fingerprint density at radius 3 is 2.58 bits per heavy atom. The number of fused-ring (bicyclic) bond motifs is 1. The Hall–Kier alpha value is -4.20. The Kier molecular flexibility index (Phi) is 5.72. The van der Waals surface area contributed by atoms with E-state index in [1.165, 1.54) is 0 Å². The highest BCUT2D eigenvalue weighted by molar-refractivity contribution is 5.80. The summed E-state index contributed by atoms with van der Waals surface area (Å²) in [6, 6.07) is 17.9. The molecule has 0 aliphatic carbocycles. The number of hydrogen-bond acceptors (Lipinski definition) is 6. The number of pyridine rings is 1. The van der Waals surface area contributed by atoms with Crippen LogP contribution in [-0.2, 0) is 13.0 Å². The van der Waals surface area contributed by atoms with Crippen LogP contribution >= 0.6 is 0 Å². The van der Waals surface area contributed by atoms with Gasteiger partial charge in [0.1, 0.15) is 5.82 Å². The summed E-state index contributed by atoms with van der Waals surface area (Å²) in [5, 5.41) is 15.0. The minimum absolute atomic E-state index is 0.0277. The molecule has 3 heterocycles. The van der Waals surface area contributed by atoms with Crippen molar-refractivity contribution in [2.75, 3.05) is 0 Å². The van der Waals surface area contributed by atoms with E-state index in [9.17, 15) is 4.79 Å². The number of tetrazole rings is 1. The fraction of sp³-hybridized carbons (Fsp3) is 0.200. The molecule has 0 atom stereocenters. The monoisotopic (exact) mass is 437 g/mol. The van der Waals surface area contributed by atoms with Gasteiger partial charge in [0.15, 0.2) is 0 Å². The van der Waals surface area contributed by atoms with Crippen molar-refractivity contribution in [1.29, 1.82) is 0 Å². The van der Waals surface area contributed by atoms with Crippen LogP contribution in [0, 0.1) is 0 Å². The van der Waals surface area contributed by atoms with Crippen molar-refractivity contribution in [1.82, 2.24) is 35.2 Å². The second-order valence-electron chi connectivity index (χ2n) is 7.89. The highest BCUT2D eigenvalue weighted by Gasteiger charge is 2.13. The molecule has 0 bridgehead atoms. The van der Waals surface area contributed by atoms with Gasteiger partial charge >= 0.3 is 0 Å². The van der Waals surface area contributed by atoms with Crippen LogP contribution in [0.25, 0.3) is 33.4 Å². The van der Waals surface area contributed by atoms with Crippen LogP contribution < -0.4 is 5.56 Å². The predicted octanol–water partition coefficient (Wildman–Crippen LogP) is 4.03. The number of aromatic amines is 1. The number of nitrogens with one attached hydrogen (secondary N) is 1. The van der Waals surface area contributed by atoms with Gasteiger partial charge in [-0.3, -0.25) is 14.3 Å². The van der Waals surface area contributed by atoms with Crippen molar-refractivity contribution in [2.45, 2.75) is 32.7 Å². The highest BCUT2D eigenvalue weighted by atomic mass is 16.1. The molecule has 0 amide bonds. The zero-order chi connectivity index (χ0) is 22.6. The van der Waals surface area contributed by atoms with Crippen LogP contribution in [0.1, 0.15) is 31.2 Å². The third-order valence-electron chi connectivity index (χ3n) is 5.71. The average molecular weight is 438 g/mol. The Bertz CT molecular complexity index is 1440. The minimum Gasteiger partial charge on any atom is -0.292 e. The second kappa shape index (κ2) is 9.12. The van der Waals surface area contributed by atoms with E-state index in [4.69, 9.17) is 4.98 Å². The van der Waals surface area contributed by atoms with Crippen molar-refractivity contribution in [3.63, 3.8) is 0 Å². The number of nitrogens with zero attached hydrogens (tertiary/aromatic N) is 6. The molecular weight excluding hydrogens is 414 g/mol. The average Bonchev–Trinajstić information content (AvgIpc) is 3.40. The summed E-state index contributed by atoms with van der Waals surface area (Å²) < 4.78 is 1.79. The van der Waals surface area contributed by atoms with E-state index in [0.29, 0.717) is 23.3 Å². The summed E-state index contributed by atoms with van der Waals surface area (Å²) in [4.78, 5) is 22.1. The predicted molar refractivity (Wildman–Crippen MR) is 127 cm³/mol. The Balaban J connectivity index is 1.50. The fourth-order valence-electron chi connectivity index (χ4n) is 3.98. The van der Waals surface area contributed by atoms with Crippen molar-refractivity contribution in [3.8, 4) is 22.5 Å². The number of aryl methyl sites for hydroxylation is 1. The number of aromatic nitrogens is 7. The van der Waals surface area contributed by atoms with Crippen LogP contribution in [0.3, 0.4) is 0 Å². The second-order valence-corrected chi connectivity index (χ2v) is 7.89. The zero-order valence-electron chi connectivity index (χ0n) is 18.3. The van der Waals surface area contributed by atoms with E-state index in [1.54, 1.807) is 23.0 Å². The molecule has 164 valence electrons. The molecule has 0 fully saturated rings. The molecule has 0 saturated heterocycles. The molecule has 0 aliphatic rings. The molecule has 0 unspecified atom stereocenters. The molecule has 8 nitrogen and oxygen atoms in total. The SMILES string of the molecule is CCCCc1nc2cnccc2c(=O)n1Cc1ccc(-c2ccccc2-c2nn[nH]n2)cc1. The van der Waals surface area contributed by atoms with E-state index < -0.39 is 0 Å². The first-order valence-electron chi connectivity index (χ1n) is 11.0. The molecule has 0 radical (unpaired) electrons. The molecule has 3 aromatic heterocycles. The molecule has 0 saturated carbocycles. The van der Waals surface area contributed by atoms with E-state index in [-0.39, 0.29) is 5.56 Å². The number of hydrogen-bond donors (Lipinski definition) is 1. The molecule has 8 heteroatoms. The third-order valence-corrected chi connectivity index (χ3v) is 5.71. The zero-order valence-corrected chi connectivity index (χ0v) is 18.3. The fourth-order valence-corrected chi connectivity index (χ4v) is 3.98. The summed E-state index contributed by atoms with van der Waals surface area (Å²) in [6.07, 6.45) is 6.07. The van der Waals surface area contributed by atoms with Gasteiger partial charge in [0.25, 0.3) is 5.56 Å². The van der Waals surface area contributed by atoms with Gasteiger partial charge in [-0.15, -0.1) is 10.2 Å². The van der Waals surface area contributed by atoms with Gasteiger partial charge in [-0.05, 0) is 34.4 Å². The Labute approximate surface area is 190 Å². The molecule has 33 heavy (non-hydrogen) atoms. The lowest BCUT2D eigenvalue weighted by Crippen LogP contribution is -2.26. The topological polar surface area (TPSA) is 102 Å². The Morgan fingerprint density at radius 1 is 1.00 bits per heavy atom. The smallest absolute Gasteiger partial charge is 0.261 e. The van der Waals surface area contributed by atoms with Crippen LogP contribution in [0.4, 0.5) is 0 Å². The van der Waals surface area contributed by atoms with E-state index in [1.807, 2.05) is 24.3 Å². The van der Waals surface area contributed by atoms with Crippen LogP contribution in [-0.4, -0.2) is 35.2 Å². The summed E-state index contributed by atoms with van der Waals surface area (Å²) in [5.74, 6) is 1.35. The normalized spacial score (nSPS) is 11.2. The maximum Gasteiger partial charge on any atom is 0.261 e. The summed E-state index contributed by atoms with van der Waals surface area (Å²) in [5.41, 5.74) is 4.63. The van der Waals surface area contributed by atoms with Crippen LogP contribution in [0.15, 0.2) is 71.8 Å². The van der Waals surface area contributed by atoms with Crippen molar-refractivity contribution >= 4 is 10.9 Å². The molecular formula is C25H23N7O. The lowest BCUT2D eigenvalue weighted by molar-refractivity contribution is 0.646. The minimum atomic E-state index is -0.0277. The first-order chi connectivity index (χ1) is 16.2. The van der Waals surface area contributed by atoms with Gasteiger partial charge in [0.2, 0.25) is 5.82 Å². The lowest BCUT2D eigenvalue weighted by Gasteiger charge is -2.14. The van der Waals surface area contributed by atoms with Gasteiger partial charge in [-0.25, -0.2) is 4.98 Å². The maximum atomic E-state index is 13.3. The molecule has 1 N–H and O–H groups in total. The van der Waals surface area contributed by atoms with Gasteiger partial charge in [-0.1, -0.05) is 61.9 Å². The van der Waals surface area contributed by atoms with Crippen LogP contribution in [0.5, 0.6) is 0 Å². The molecule has 0 aliphatic heterocycles. The van der Waals surface area contributed by atoms with Crippen molar-refractivity contribution in [3.05, 3.63) is 88.7 Å². The largest absolute Gasteiger partial charge is 0.292 e. The van der Waals surface area contributed by atoms with Gasteiger partial charge in [0, 0.05) is 18.2 Å². The van der Waals surface area contributed by atoms with Gasteiger partial charge in [0.05, 0.1) is 23.6 Å². The number of H-pyrrole nitrogens is 1. The van der Waals surface area contributed by atoms with E-state index >= 15 is 0 Å². The molecule has 5 aromatic rings. The molecule has 2 aromatic carbocycles. The van der Waals surface area contributed by atoms with E-state index in [2.05, 4.69) is 56.8 Å². The standard InChI is InChI=1S/C25H23N7O/c1-2-3-8-23-27-22-15-26-14-13-21(22)25(33)32(23)16-17-9-11-18(12-10-17)19-6-4-5-7-20(19)24-28-30-31-29-24/h4-7,9-15H,2-3,8,16H2,1H3,(H,28,29,30,31). The quantitative estimate of drug-likeness (QED) is 0.412. The first-order valence-corrected chi connectivity index (χ1v) is 11.0. The van der Waals surface area contributed by atoms with Crippen LogP contribution in [0.2, 0.25) is 0 Å². The van der Waals surface area contributed by atoms with Crippen molar-refractivity contribution < 1.29 is 0 Å². The number of rotatable bonds is 7. The van der Waals surface area contributed by atoms with Gasteiger partial charge in [-0.2, -0.15) is 5.21 Å². The maximum absolute atomic E-state index is 13.3.